The number of halogens is 1. The van der Waals surface area contributed by atoms with Crippen LogP contribution in [0.2, 0.25) is 0 Å². The minimum Gasteiger partial charge on any atom is -0.321 e. The fraction of sp³-hybridized carbons (Fsp3) is 0.500. The van der Waals surface area contributed by atoms with Gasteiger partial charge in [-0.15, -0.1) is 0 Å². The molecule has 0 atom stereocenters. The van der Waals surface area contributed by atoms with Gasteiger partial charge < -0.3 is 5.73 Å². The fourth-order valence-corrected chi connectivity index (χ4v) is 2.22. The Morgan fingerprint density at radius 2 is 1.71 bits per heavy atom. The Kier molecular flexibility index (Phi) is 2.55. The third-order valence-electron chi connectivity index (χ3n) is 3.18. The summed E-state index contributed by atoms with van der Waals surface area (Å²) >= 11 is 0. The molecule has 0 saturated heterocycles. The lowest BCUT2D eigenvalue weighted by atomic mass is 9.89. The quantitative estimate of drug-likeness (QED) is 0.767. The molecule has 1 aromatic carbocycles. The standard InChI is InChI=1S/C12H16FN/c13-9-10-3-5-11(6-4-10)12(14)7-1-2-8-12/h3-6H,1-2,7-9,14H2. The van der Waals surface area contributed by atoms with Crippen LogP contribution >= 0.6 is 0 Å². The summed E-state index contributed by atoms with van der Waals surface area (Å²) in [5.74, 6) is 0. The van der Waals surface area contributed by atoms with Crippen molar-refractivity contribution in [2.75, 3.05) is 0 Å². The van der Waals surface area contributed by atoms with Crippen LogP contribution < -0.4 is 5.73 Å². The van der Waals surface area contributed by atoms with Crippen LogP contribution in [0.5, 0.6) is 0 Å². The molecule has 0 amide bonds. The maximum absolute atomic E-state index is 12.3. The molecule has 0 aromatic heterocycles. The third kappa shape index (κ3) is 1.67. The van der Waals surface area contributed by atoms with E-state index in [0.717, 1.165) is 24.0 Å². The summed E-state index contributed by atoms with van der Waals surface area (Å²) in [5.41, 5.74) is 8.03. The maximum Gasteiger partial charge on any atom is 0.115 e. The molecule has 2 rings (SSSR count). The zero-order valence-corrected chi connectivity index (χ0v) is 8.30. The van der Waals surface area contributed by atoms with Gasteiger partial charge in [0.25, 0.3) is 0 Å². The van der Waals surface area contributed by atoms with Crippen LogP contribution in [0.3, 0.4) is 0 Å². The molecule has 0 aliphatic heterocycles. The minimum absolute atomic E-state index is 0.144. The van der Waals surface area contributed by atoms with Gasteiger partial charge in [-0.25, -0.2) is 4.39 Å². The van der Waals surface area contributed by atoms with Crippen LogP contribution in [-0.4, -0.2) is 0 Å². The summed E-state index contributed by atoms with van der Waals surface area (Å²) in [5, 5.41) is 0. The first-order valence-electron chi connectivity index (χ1n) is 5.19. The first-order chi connectivity index (χ1) is 6.74. The smallest absolute Gasteiger partial charge is 0.115 e. The Bertz CT molecular complexity index is 299. The highest BCUT2D eigenvalue weighted by atomic mass is 19.1. The van der Waals surface area contributed by atoms with Crippen LogP contribution in [0.4, 0.5) is 4.39 Å². The Hall–Kier alpha value is -0.890. The Balaban J connectivity index is 2.23. The number of nitrogens with two attached hydrogens (primary N) is 1. The molecule has 1 aromatic rings. The summed E-state index contributed by atoms with van der Waals surface area (Å²) in [4.78, 5) is 0. The Labute approximate surface area is 84.1 Å². The van der Waals surface area contributed by atoms with E-state index in [-0.39, 0.29) is 5.54 Å². The van der Waals surface area contributed by atoms with Crippen LogP contribution in [0.15, 0.2) is 24.3 Å². The predicted molar refractivity (Wildman–Crippen MR) is 55.6 cm³/mol. The molecule has 0 bridgehead atoms. The first kappa shape index (κ1) is 9.66. The van der Waals surface area contributed by atoms with Crippen LogP contribution in [-0.2, 0) is 12.2 Å². The van der Waals surface area contributed by atoms with Crippen LogP contribution in [0.25, 0.3) is 0 Å². The van der Waals surface area contributed by atoms with Crippen molar-refractivity contribution in [1.82, 2.24) is 0 Å². The molecule has 76 valence electrons. The summed E-state index contributed by atoms with van der Waals surface area (Å²) in [6.07, 6.45) is 4.53. The van der Waals surface area contributed by atoms with E-state index in [0.29, 0.717) is 0 Å². The normalized spacial score (nSPS) is 19.9. The lowest BCUT2D eigenvalue weighted by Gasteiger charge is -2.24. The molecule has 2 heteroatoms. The number of rotatable bonds is 2. The van der Waals surface area contributed by atoms with Crippen LogP contribution in [0, 0.1) is 0 Å². The van der Waals surface area contributed by atoms with Gasteiger partial charge in [0.1, 0.15) is 6.67 Å². The highest BCUT2D eigenvalue weighted by Gasteiger charge is 2.30. The first-order valence-corrected chi connectivity index (χ1v) is 5.19. The predicted octanol–water partition coefficient (Wildman–Crippen LogP) is 2.88. The average Bonchev–Trinajstić information content (AvgIpc) is 2.67. The van der Waals surface area contributed by atoms with Gasteiger partial charge in [-0.05, 0) is 24.0 Å². The molecule has 14 heavy (non-hydrogen) atoms. The van der Waals surface area contributed by atoms with Crippen LogP contribution in [0.1, 0.15) is 36.8 Å². The largest absolute Gasteiger partial charge is 0.321 e. The Morgan fingerprint density at radius 3 is 2.21 bits per heavy atom. The highest BCUT2D eigenvalue weighted by molar-refractivity contribution is 5.28. The van der Waals surface area contributed by atoms with Crippen molar-refractivity contribution in [3.63, 3.8) is 0 Å². The van der Waals surface area contributed by atoms with Crippen molar-refractivity contribution >= 4 is 0 Å². The Morgan fingerprint density at radius 1 is 1.14 bits per heavy atom. The van der Waals surface area contributed by atoms with Crippen molar-refractivity contribution in [2.45, 2.75) is 37.9 Å². The van der Waals surface area contributed by atoms with Crippen molar-refractivity contribution in [1.29, 1.82) is 0 Å². The van der Waals surface area contributed by atoms with E-state index in [1.807, 2.05) is 24.3 Å². The molecular formula is C12H16FN. The molecular weight excluding hydrogens is 177 g/mol. The van der Waals surface area contributed by atoms with E-state index in [1.165, 1.54) is 12.8 Å². The lowest BCUT2D eigenvalue weighted by Crippen LogP contribution is -2.32. The zero-order chi connectivity index (χ0) is 10.0. The van der Waals surface area contributed by atoms with E-state index in [1.54, 1.807) is 0 Å². The van der Waals surface area contributed by atoms with Gasteiger partial charge in [-0.3, -0.25) is 0 Å². The van der Waals surface area contributed by atoms with Crippen molar-refractivity contribution in [2.24, 2.45) is 5.73 Å². The number of hydrogen-bond donors (Lipinski definition) is 1. The number of alkyl halides is 1. The average molecular weight is 193 g/mol. The highest BCUT2D eigenvalue weighted by Crippen LogP contribution is 2.36. The van der Waals surface area contributed by atoms with Gasteiger partial charge in [0.15, 0.2) is 0 Å². The van der Waals surface area contributed by atoms with Gasteiger partial charge in [0.05, 0.1) is 0 Å². The topological polar surface area (TPSA) is 26.0 Å². The molecule has 0 spiro atoms. The van der Waals surface area contributed by atoms with Gasteiger partial charge in [-0.1, -0.05) is 37.1 Å². The van der Waals surface area contributed by atoms with Gasteiger partial charge in [-0.2, -0.15) is 0 Å². The fourth-order valence-electron chi connectivity index (χ4n) is 2.22. The lowest BCUT2D eigenvalue weighted by molar-refractivity contribution is 0.459. The van der Waals surface area contributed by atoms with Gasteiger partial charge >= 0.3 is 0 Å². The molecule has 1 fully saturated rings. The molecule has 1 nitrogen and oxygen atoms in total. The minimum atomic E-state index is -0.391. The second-order valence-corrected chi connectivity index (χ2v) is 4.19. The summed E-state index contributed by atoms with van der Waals surface area (Å²) < 4.78 is 12.3. The maximum atomic E-state index is 12.3. The molecule has 0 radical (unpaired) electrons. The molecule has 1 aliphatic carbocycles. The van der Waals surface area contributed by atoms with E-state index in [4.69, 9.17) is 5.73 Å². The van der Waals surface area contributed by atoms with E-state index in [2.05, 4.69) is 0 Å². The number of hydrogen-bond acceptors (Lipinski definition) is 1. The molecule has 0 heterocycles. The third-order valence-corrected chi connectivity index (χ3v) is 3.18. The summed E-state index contributed by atoms with van der Waals surface area (Å²) in [6, 6.07) is 7.62. The van der Waals surface area contributed by atoms with Crippen molar-refractivity contribution < 1.29 is 4.39 Å². The number of benzene rings is 1. The summed E-state index contributed by atoms with van der Waals surface area (Å²) in [6.45, 7) is -0.391. The second-order valence-electron chi connectivity index (χ2n) is 4.19. The SMILES string of the molecule is NC1(c2ccc(CF)cc2)CCCC1. The molecule has 1 aliphatic rings. The molecule has 0 unspecified atom stereocenters. The van der Waals surface area contributed by atoms with Crippen molar-refractivity contribution in [3.05, 3.63) is 35.4 Å². The van der Waals surface area contributed by atoms with E-state index >= 15 is 0 Å². The van der Waals surface area contributed by atoms with E-state index in [9.17, 15) is 4.39 Å². The second kappa shape index (κ2) is 3.70. The monoisotopic (exact) mass is 193 g/mol. The van der Waals surface area contributed by atoms with Gasteiger partial charge in [0, 0.05) is 5.54 Å². The zero-order valence-electron chi connectivity index (χ0n) is 8.30. The van der Waals surface area contributed by atoms with Crippen molar-refractivity contribution in [3.8, 4) is 0 Å². The summed E-state index contributed by atoms with van der Waals surface area (Å²) in [7, 11) is 0. The molecule has 1 saturated carbocycles. The van der Waals surface area contributed by atoms with E-state index < -0.39 is 6.67 Å². The molecule has 2 N–H and O–H groups in total. The van der Waals surface area contributed by atoms with Gasteiger partial charge in [0.2, 0.25) is 0 Å².